The Kier molecular flexibility index (Phi) is 4.09. The topological polar surface area (TPSA) is 96.8 Å². The van der Waals surface area contributed by atoms with E-state index >= 15 is 0 Å². The molecule has 2 rings (SSSR count). The van der Waals surface area contributed by atoms with Crippen LogP contribution in [0, 0.1) is 0 Å². The van der Waals surface area contributed by atoms with E-state index in [4.69, 9.17) is 24.4 Å². The molecule has 0 aliphatic carbocycles. The lowest BCUT2D eigenvalue weighted by molar-refractivity contribution is 0.0519. The van der Waals surface area contributed by atoms with Crippen LogP contribution < -0.4 is 15.2 Å². The molecule has 7 nitrogen and oxygen atoms in total. The highest BCUT2D eigenvalue weighted by Crippen LogP contribution is 2.30. The molecule has 0 spiro atoms. The van der Waals surface area contributed by atoms with Gasteiger partial charge in [-0.15, -0.1) is 0 Å². The Bertz CT molecular complexity index is 609. The number of oxazole rings is 1. The van der Waals surface area contributed by atoms with Gasteiger partial charge in [-0.1, -0.05) is 0 Å². The number of esters is 1. The Morgan fingerprint density at radius 3 is 2.95 bits per heavy atom. The number of hydrogen-bond donors (Lipinski definition) is 1. The molecule has 0 radical (unpaired) electrons. The molecule has 1 heterocycles. The van der Waals surface area contributed by atoms with Crippen LogP contribution in [0.3, 0.4) is 0 Å². The van der Waals surface area contributed by atoms with Crippen LogP contribution in [0.4, 0.5) is 5.69 Å². The number of nitrogens with zero attached hydrogens (tertiary/aromatic N) is 1. The van der Waals surface area contributed by atoms with Crippen molar-refractivity contribution in [1.82, 2.24) is 4.98 Å². The number of ether oxygens (including phenoxy) is 3. The van der Waals surface area contributed by atoms with Gasteiger partial charge in [0.2, 0.25) is 0 Å². The molecule has 1 aromatic carbocycles. The number of anilines is 1. The Morgan fingerprint density at radius 2 is 2.25 bits per heavy atom. The van der Waals surface area contributed by atoms with E-state index in [2.05, 4.69) is 4.98 Å². The third-order valence-corrected chi connectivity index (χ3v) is 2.39. The van der Waals surface area contributed by atoms with Crippen molar-refractivity contribution in [3.05, 3.63) is 30.2 Å². The standard InChI is InChI=1S/C13H14N2O5/c1-3-18-12(16)10-7-19-13(15-10)20-11-6-8(17-2)4-5-9(11)14/h4-7H,3,14H2,1-2H3. The highest BCUT2D eigenvalue weighted by atomic mass is 16.6. The van der Waals surface area contributed by atoms with Gasteiger partial charge in [0, 0.05) is 6.07 Å². The van der Waals surface area contributed by atoms with Crippen molar-refractivity contribution in [3.8, 4) is 17.6 Å². The monoisotopic (exact) mass is 278 g/mol. The smallest absolute Gasteiger partial charge is 0.399 e. The highest BCUT2D eigenvalue weighted by molar-refractivity contribution is 5.86. The van der Waals surface area contributed by atoms with Gasteiger partial charge in [-0.05, 0) is 19.1 Å². The average Bonchev–Trinajstić information content (AvgIpc) is 2.90. The van der Waals surface area contributed by atoms with Crippen LogP contribution in [0.2, 0.25) is 0 Å². The number of hydrogen-bond acceptors (Lipinski definition) is 7. The van der Waals surface area contributed by atoms with Gasteiger partial charge in [0.25, 0.3) is 0 Å². The fourth-order valence-corrected chi connectivity index (χ4v) is 1.43. The first-order valence-corrected chi connectivity index (χ1v) is 5.88. The average molecular weight is 278 g/mol. The van der Waals surface area contributed by atoms with Crippen LogP contribution in [0.1, 0.15) is 17.4 Å². The SMILES string of the molecule is CCOC(=O)c1coc(Oc2cc(OC)ccc2N)n1. The van der Waals surface area contributed by atoms with Crippen molar-refractivity contribution in [2.75, 3.05) is 19.5 Å². The Hall–Kier alpha value is -2.70. The van der Waals surface area contributed by atoms with Crippen molar-refractivity contribution in [1.29, 1.82) is 0 Å². The van der Waals surface area contributed by atoms with Gasteiger partial charge < -0.3 is 24.4 Å². The summed E-state index contributed by atoms with van der Waals surface area (Å²) in [5, 5.41) is 0. The third kappa shape index (κ3) is 3.00. The van der Waals surface area contributed by atoms with E-state index in [9.17, 15) is 4.79 Å². The molecule has 1 aromatic heterocycles. The summed E-state index contributed by atoms with van der Waals surface area (Å²) < 4.78 is 20.3. The Morgan fingerprint density at radius 1 is 1.45 bits per heavy atom. The molecule has 2 aromatic rings. The second-order valence-corrected chi connectivity index (χ2v) is 3.72. The number of aromatic nitrogens is 1. The van der Waals surface area contributed by atoms with Crippen LogP contribution in [0.15, 0.2) is 28.9 Å². The number of benzene rings is 1. The van der Waals surface area contributed by atoms with Crippen LogP contribution in [-0.2, 0) is 4.74 Å². The van der Waals surface area contributed by atoms with E-state index in [1.54, 1.807) is 25.1 Å². The van der Waals surface area contributed by atoms with Gasteiger partial charge in [-0.25, -0.2) is 4.79 Å². The molecule has 0 bridgehead atoms. The second-order valence-electron chi connectivity index (χ2n) is 3.72. The lowest BCUT2D eigenvalue weighted by Crippen LogP contribution is -2.04. The Labute approximate surface area is 115 Å². The molecule has 0 atom stereocenters. The van der Waals surface area contributed by atoms with Gasteiger partial charge in [-0.2, -0.15) is 4.98 Å². The molecule has 0 unspecified atom stereocenters. The second kappa shape index (κ2) is 5.96. The van der Waals surface area contributed by atoms with Gasteiger partial charge in [0.1, 0.15) is 12.0 Å². The summed E-state index contributed by atoms with van der Waals surface area (Å²) in [6.45, 7) is 1.96. The van der Waals surface area contributed by atoms with Gasteiger partial charge >= 0.3 is 12.0 Å². The van der Waals surface area contributed by atoms with E-state index in [0.29, 0.717) is 17.2 Å². The number of nitrogens with two attached hydrogens (primary N) is 1. The first-order valence-electron chi connectivity index (χ1n) is 5.88. The summed E-state index contributed by atoms with van der Waals surface area (Å²) in [6, 6.07) is 4.91. The number of carbonyl (C=O) groups is 1. The molecule has 0 saturated heterocycles. The summed E-state index contributed by atoms with van der Waals surface area (Å²) in [5.41, 5.74) is 6.19. The maximum atomic E-state index is 11.4. The predicted octanol–water partition coefficient (Wildman–Crippen LogP) is 2.23. The van der Waals surface area contributed by atoms with Gasteiger partial charge in [-0.3, -0.25) is 0 Å². The number of nitrogen functional groups attached to an aromatic ring is 1. The van der Waals surface area contributed by atoms with Crippen molar-refractivity contribution in [3.63, 3.8) is 0 Å². The minimum Gasteiger partial charge on any atom is -0.497 e. The van der Waals surface area contributed by atoms with Gasteiger partial charge in [0.05, 0.1) is 19.4 Å². The fraction of sp³-hybridized carbons (Fsp3) is 0.231. The van der Waals surface area contributed by atoms with E-state index in [0.717, 1.165) is 6.26 Å². The molecule has 0 aliphatic rings. The highest BCUT2D eigenvalue weighted by Gasteiger charge is 2.15. The first-order chi connectivity index (χ1) is 9.63. The summed E-state index contributed by atoms with van der Waals surface area (Å²) in [4.78, 5) is 15.3. The molecular weight excluding hydrogens is 264 g/mol. The summed E-state index contributed by atoms with van der Waals surface area (Å²) >= 11 is 0. The molecule has 0 amide bonds. The number of methoxy groups -OCH3 is 1. The zero-order valence-electron chi connectivity index (χ0n) is 11.1. The van der Waals surface area contributed by atoms with E-state index in [1.807, 2.05) is 0 Å². The normalized spacial score (nSPS) is 10.1. The first kappa shape index (κ1) is 13.7. The molecular formula is C13H14N2O5. The van der Waals surface area contributed by atoms with E-state index in [-0.39, 0.29) is 18.4 Å². The van der Waals surface area contributed by atoms with Crippen LogP contribution >= 0.6 is 0 Å². The zero-order valence-corrected chi connectivity index (χ0v) is 11.1. The van der Waals surface area contributed by atoms with Crippen molar-refractivity contribution < 1.29 is 23.4 Å². The minimum atomic E-state index is -0.579. The molecule has 20 heavy (non-hydrogen) atoms. The third-order valence-electron chi connectivity index (χ3n) is 2.39. The summed E-state index contributed by atoms with van der Waals surface area (Å²) in [5.74, 6) is 0.317. The largest absolute Gasteiger partial charge is 0.497 e. The Balaban J connectivity index is 2.16. The van der Waals surface area contributed by atoms with E-state index in [1.165, 1.54) is 7.11 Å². The van der Waals surface area contributed by atoms with Crippen LogP contribution in [-0.4, -0.2) is 24.7 Å². The molecule has 0 aliphatic heterocycles. The van der Waals surface area contributed by atoms with Gasteiger partial charge in [0.15, 0.2) is 11.4 Å². The molecule has 2 N–H and O–H groups in total. The lowest BCUT2D eigenvalue weighted by Gasteiger charge is -2.06. The molecule has 0 saturated carbocycles. The maximum absolute atomic E-state index is 11.4. The quantitative estimate of drug-likeness (QED) is 0.661. The molecule has 0 fully saturated rings. The maximum Gasteiger partial charge on any atom is 0.399 e. The van der Waals surface area contributed by atoms with Crippen molar-refractivity contribution in [2.45, 2.75) is 6.92 Å². The minimum absolute atomic E-state index is 0.0308. The summed E-state index contributed by atoms with van der Waals surface area (Å²) in [6.07, 6.45) is 1.05. The lowest BCUT2D eigenvalue weighted by atomic mass is 10.3. The van der Waals surface area contributed by atoms with Crippen LogP contribution in [0.25, 0.3) is 0 Å². The number of carbonyl (C=O) groups excluding carboxylic acids is 1. The molecule has 7 heteroatoms. The summed E-state index contributed by atoms with van der Waals surface area (Å²) in [7, 11) is 1.53. The zero-order chi connectivity index (χ0) is 14.5. The molecule has 106 valence electrons. The van der Waals surface area contributed by atoms with Crippen molar-refractivity contribution in [2.24, 2.45) is 0 Å². The van der Waals surface area contributed by atoms with Crippen molar-refractivity contribution >= 4 is 11.7 Å². The van der Waals surface area contributed by atoms with E-state index < -0.39 is 5.97 Å². The fourth-order valence-electron chi connectivity index (χ4n) is 1.43. The predicted molar refractivity (Wildman–Crippen MR) is 69.9 cm³/mol. The van der Waals surface area contributed by atoms with Crippen LogP contribution in [0.5, 0.6) is 17.6 Å². The number of rotatable bonds is 5.